The Balaban J connectivity index is 1.98. The number of rotatable bonds is 7. The van der Waals surface area contributed by atoms with Gasteiger partial charge in [0.2, 0.25) is 10.0 Å². The second-order valence-corrected chi connectivity index (χ2v) is 7.60. The molecule has 0 saturated carbocycles. The molecule has 0 unspecified atom stereocenters. The van der Waals surface area contributed by atoms with E-state index in [2.05, 4.69) is 15.0 Å². The lowest BCUT2D eigenvalue weighted by Crippen LogP contribution is -2.23. The Kier molecular flexibility index (Phi) is 4.98. The number of aromatic amines is 1. The predicted molar refractivity (Wildman–Crippen MR) is 81.1 cm³/mol. The van der Waals surface area contributed by atoms with Crippen LogP contribution < -0.4 is 10.0 Å². The Labute approximate surface area is 123 Å². The Hall–Kier alpha value is -1.15. The number of hydrogen-bond acceptors (Lipinski definition) is 4. The van der Waals surface area contributed by atoms with E-state index in [0.29, 0.717) is 19.1 Å². The molecule has 0 aliphatic heterocycles. The second kappa shape index (κ2) is 6.53. The van der Waals surface area contributed by atoms with Gasteiger partial charge in [0.15, 0.2) is 0 Å². The molecule has 5 nitrogen and oxygen atoms in total. The van der Waals surface area contributed by atoms with Gasteiger partial charge in [-0.3, -0.25) is 0 Å². The van der Waals surface area contributed by atoms with Crippen molar-refractivity contribution in [3.63, 3.8) is 0 Å². The zero-order valence-electron chi connectivity index (χ0n) is 11.5. The first-order chi connectivity index (χ1) is 9.47. The van der Waals surface area contributed by atoms with Gasteiger partial charge in [-0.05, 0) is 17.5 Å². The molecule has 0 spiro atoms. The van der Waals surface area contributed by atoms with Crippen molar-refractivity contribution in [3.8, 4) is 0 Å². The van der Waals surface area contributed by atoms with Gasteiger partial charge in [0.1, 0.15) is 0 Å². The Bertz CT molecular complexity index is 630. The molecule has 2 rings (SSSR count). The first kappa shape index (κ1) is 15.2. The third-order valence-corrected chi connectivity index (χ3v) is 5.00. The van der Waals surface area contributed by atoms with E-state index < -0.39 is 10.0 Å². The standard InChI is InChI=1S/C13H19N3O2S2/c1-10(2)14-7-11-6-13(9-15-11)20(17,18)16-8-12-4-3-5-19-12/h3-6,9-10,14-16H,7-8H2,1-2H3. The lowest BCUT2D eigenvalue weighted by Gasteiger charge is -2.05. The second-order valence-electron chi connectivity index (χ2n) is 4.80. The summed E-state index contributed by atoms with van der Waals surface area (Å²) in [5.74, 6) is 0. The van der Waals surface area contributed by atoms with E-state index >= 15 is 0 Å². The fraction of sp³-hybridized carbons (Fsp3) is 0.385. The molecule has 0 amide bonds. The molecule has 0 saturated heterocycles. The van der Waals surface area contributed by atoms with E-state index in [0.717, 1.165) is 10.6 Å². The SMILES string of the molecule is CC(C)NCc1cc(S(=O)(=O)NCc2cccs2)c[nH]1. The zero-order chi connectivity index (χ0) is 14.6. The van der Waals surface area contributed by atoms with Crippen LogP contribution in [0.15, 0.2) is 34.7 Å². The summed E-state index contributed by atoms with van der Waals surface area (Å²) in [4.78, 5) is 4.25. The van der Waals surface area contributed by atoms with Gasteiger partial charge in [0.25, 0.3) is 0 Å². The molecule has 0 bridgehead atoms. The summed E-state index contributed by atoms with van der Waals surface area (Å²) >= 11 is 1.53. The van der Waals surface area contributed by atoms with Crippen molar-refractivity contribution >= 4 is 21.4 Å². The fourth-order valence-corrected chi connectivity index (χ4v) is 3.41. The van der Waals surface area contributed by atoms with Gasteiger partial charge in [0.05, 0.1) is 4.90 Å². The first-order valence-corrected chi connectivity index (χ1v) is 8.76. The number of aromatic nitrogens is 1. The van der Waals surface area contributed by atoms with Gasteiger partial charge < -0.3 is 10.3 Å². The van der Waals surface area contributed by atoms with E-state index in [-0.39, 0.29) is 4.90 Å². The van der Waals surface area contributed by atoms with Crippen LogP contribution in [0.2, 0.25) is 0 Å². The van der Waals surface area contributed by atoms with Crippen molar-refractivity contribution < 1.29 is 8.42 Å². The number of H-pyrrole nitrogens is 1. The molecule has 0 fully saturated rings. The summed E-state index contributed by atoms with van der Waals surface area (Å²) in [6.07, 6.45) is 1.52. The van der Waals surface area contributed by atoms with E-state index in [1.165, 1.54) is 17.5 Å². The zero-order valence-corrected chi connectivity index (χ0v) is 13.1. The predicted octanol–water partition coefficient (Wildman–Crippen LogP) is 2.05. The summed E-state index contributed by atoms with van der Waals surface area (Å²) in [6.45, 7) is 5.04. The molecule has 0 aromatic carbocycles. The largest absolute Gasteiger partial charge is 0.363 e. The van der Waals surface area contributed by atoms with E-state index in [4.69, 9.17) is 0 Å². The molecule has 0 aliphatic rings. The molecule has 0 atom stereocenters. The van der Waals surface area contributed by atoms with Crippen LogP contribution in [0.5, 0.6) is 0 Å². The highest BCUT2D eigenvalue weighted by Crippen LogP contribution is 2.13. The lowest BCUT2D eigenvalue weighted by molar-refractivity contribution is 0.580. The minimum absolute atomic E-state index is 0.273. The molecular weight excluding hydrogens is 294 g/mol. The van der Waals surface area contributed by atoms with Crippen molar-refractivity contribution in [2.45, 2.75) is 37.9 Å². The van der Waals surface area contributed by atoms with E-state index in [1.54, 1.807) is 6.07 Å². The number of sulfonamides is 1. The van der Waals surface area contributed by atoms with E-state index in [9.17, 15) is 8.42 Å². The average Bonchev–Trinajstić information content (AvgIpc) is 3.05. The third-order valence-electron chi connectivity index (χ3n) is 2.74. The minimum atomic E-state index is -3.46. The van der Waals surface area contributed by atoms with Crippen molar-refractivity contribution in [1.29, 1.82) is 0 Å². The average molecular weight is 313 g/mol. The van der Waals surface area contributed by atoms with Crippen LogP contribution in [0.3, 0.4) is 0 Å². The minimum Gasteiger partial charge on any atom is -0.363 e. The van der Waals surface area contributed by atoms with Gasteiger partial charge in [0, 0.05) is 35.9 Å². The number of hydrogen-bond donors (Lipinski definition) is 3. The maximum absolute atomic E-state index is 12.1. The van der Waals surface area contributed by atoms with Gasteiger partial charge in [-0.2, -0.15) is 0 Å². The van der Waals surface area contributed by atoms with Crippen molar-refractivity contribution in [3.05, 3.63) is 40.3 Å². The summed E-state index contributed by atoms with van der Waals surface area (Å²) in [5, 5.41) is 5.16. The number of thiophene rings is 1. The quantitative estimate of drug-likeness (QED) is 0.732. The molecule has 0 aliphatic carbocycles. The van der Waals surface area contributed by atoms with E-state index in [1.807, 2.05) is 31.4 Å². The van der Waals surface area contributed by atoms with Crippen LogP contribution in [0.4, 0.5) is 0 Å². The van der Waals surface area contributed by atoms with Gasteiger partial charge in [-0.25, -0.2) is 13.1 Å². The summed E-state index contributed by atoms with van der Waals surface area (Å²) < 4.78 is 26.9. The van der Waals surface area contributed by atoms with Crippen LogP contribution in [0.25, 0.3) is 0 Å². The molecule has 2 aromatic rings. The highest BCUT2D eigenvalue weighted by molar-refractivity contribution is 7.89. The summed E-state index contributed by atoms with van der Waals surface area (Å²) in [5.41, 5.74) is 0.857. The molecule has 2 aromatic heterocycles. The van der Waals surface area contributed by atoms with Gasteiger partial charge in [-0.15, -0.1) is 11.3 Å². The topological polar surface area (TPSA) is 74.0 Å². The maximum atomic E-state index is 12.1. The highest BCUT2D eigenvalue weighted by Gasteiger charge is 2.15. The summed E-state index contributed by atoms with van der Waals surface area (Å²) in [6, 6.07) is 5.82. The number of nitrogens with one attached hydrogen (secondary N) is 3. The van der Waals surface area contributed by atoms with Crippen LogP contribution in [0, 0.1) is 0 Å². The Morgan fingerprint density at radius 3 is 2.80 bits per heavy atom. The monoisotopic (exact) mass is 313 g/mol. The third kappa shape index (κ3) is 4.17. The van der Waals surface area contributed by atoms with Crippen LogP contribution in [-0.2, 0) is 23.1 Å². The van der Waals surface area contributed by atoms with Crippen molar-refractivity contribution in [2.75, 3.05) is 0 Å². The smallest absolute Gasteiger partial charge is 0.242 e. The normalized spacial score (nSPS) is 12.2. The van der Waals surface area contributed by atoms with Crippen LogP contribution in [0.1, 0.15) is 24.4 Å². The first-order valence-electron chi connectivity index (χ1n) is 6.40. The molecule has 110 valence electrons. The molecular formula is C13H19N3O2S2. The molecule has 7 heteroatoms. The molecule has 20 heavy (non-hydrogen) atoms. The Morgan fingerprint density at radius 2 is 2.15 bits per heavy atom. The molecule has 3 N–H and O–H groups in total. The summed E-state index contributed by atoms with van der Waals surface area (Å²) in [7, 11) is -3.46. The van der Waals surface area contributed by atoms with Crippen LogP contribution >= 0.6 is 11.3 Å². The highest BCUT2D eigenvalue weighted by atomic mass is 32.2. The lowest BCUT2D eigenvalue weighted by atomic mass is 10.3. The molecule has 2 heterocycles. The fourth-order valence-electron chi connectivity index (χ4n) is 1.65. The van der Waals surface area contributed by atoms with Gasteiger partial charge in [-0.1, -0.05) is 19.9 Å². The van der Waals surface area contributed by atoms with Gasteiger partial charge >= 0.3 is 0 Å². The molecule has 0 radical (unpaired) electrons. The Morgan fingerprint density at radius 1 is 1.35 bits per heavy atom. The van der Waals surface area contributed by atoms with Crippen molar-refractivity contribution in [1.82, 2.24) is 15.0 Å². The van der Waals surface area contributed by atoms with Crippen molar-refractivity contribution in [2.24, 2.45) is 0 Å². The van der Waals surface area contributed by atoms with Crippen LogP contribution in [-0.4, -0.2) is 19.4 Å². The maximum Gasteiger partial charge on any atom is 0.242 e.